The van der Waals surface area contributed by atoms with Crippen molar-refractivity contribution < 1.29 is 9.30 Å². The smallest absolute Gasteiger partial charge is 0.292 e. The summed E-state index contributed by atoms with van der Waals surface area (Å²) in [4.78, 5) is 4.50. The van der Waals surface area contributed by atoms with Gasteiger partial charge >= 0.3 is 0 Å². The summed E-state index contributed by atoms with van der Waals surface area (Å²) in [6, 6.07) is 18.9. The lowest BCUT2D eigenvalue weighted by Gasteiger charge is -2.18. The molecule has 0 atom stereocenters. The minimum atomic E-state index is 0.541. The van der Waals surface area contributed by atoms with Crippen LogP contribution in [-0.4, -0.2) is 4.98 Å². The molecule has 0 fully saturated rings. The first-order valence-corrected chi connectivity index (χ1v) is 7.76. The van der Waals surface area contributed by atoms with Crippen molar-refractivity contribution >= 4 is 21.7 Å². The third-order valence-electron chi connectivity index (χ3n) is 4.62. The van der Waals surface area contributed by atoms with E-state index in [0.717, 1.165) is 17.0 Å². The Kier molecular flexibility index (Phi) is 2.48. The normalized spacial score (nSPS) is 12.7. The molecule has 0 radical (unpaired) electrons. The zero-order valence-electron chi connectivity index (χ0n) is 12.8. The van der Waals surface area contributed by atoms with Crippen LogP contribution in [0.5, 0.6) is 5.75 Å². The lowest BCUT2D eigenvalue weighted by atomic mass is 9.99. The van der Waals surface area contributed by atoms with Gasteiger partial charge in [-0.3, -0.25) is 4.98 Å². The fourth-order valence-electron chi connectivity index (χ4n) is 3.46. The number of ether oxygens (including phenoxy) is 1. The van der Waals surface area contributed by atoms with Crippen LogP contribution in [0.3, 0.4) is 0 Å². The van der Waals surface area contributed by atoms with Crippen molar-refractivity contribution in [3.8, 4) is 17.0 Å². The molecule has 1 aliphatic rings. The van der Waals surface area contributed by atoms with Crippen LogP contribution in [0.2, 0.25) is 0 Å². The van der Waals surface area contributed by atoms with Gasteiger partial charge in [0.05, 0.1) is 11.1 Å². The van der Waals surface area contributed by atoms with Gasteiger partial charge in [-0.15, -0.1) is 0 Å². The Morgan fingerprint density at radius 2 is 1.78 bits per heavy atom. The van der Waals surface area contributed by atoms with Gasteiger partial charge in [-0.2, -0.15) is 4.57 Å². The largest absolute Gasteiger partial charge is 0.434 e. The second kappa shape index (κ2) is 4.53. The van der Waals surface area contributed by atoms with Gasteiger partial charge < -0.3 is 4.74 Å². The Morgan fingerprint density at radius 1 is 0.957 bits per heavy atom. The zero-order chi connectivity index (χ0) is 15.4. The van der Waals surface area contributed by atoms with E-state index in [9.17, 15) is 0 Å². The van der Waals surface area contributed by atoms with Crippen LogP contribution in [0.25, 0.3) is 32.9 Å². The molecule has 5 rings (SSSR count). The van der Waals surface area contributed by atoms with Gasteiger partial charge in [-0.1, -0.05) is 18.2 Å². The molecule has 0 bridgehead atoms. The summed E-state index contributed by atoms with van der Waals surface area (Å²) in [6.45, 7) is 2.66. The van der Waals surface area contributed by atoms with E-state index in [1.165, 1.54) is 27.4 Å². The molecule has 1 aliphatic heterocycles. The second-order valence-corrected chi connectivity index (χ2v) is 5.93. The number of aromatic nitrogens is 2. The highest BCUT2D eigenvalue weighted by atomic mass is 16.5. The van der Waals surface area contributed by atoms with Crippen LogP contribution in [0.4, 0.5) is 0 Å². The standard InChI is InChI=1S/C20H15N2O/c1-13-5-6-15-8-7-14-9-10-16(17-4-2-3-11-21-17)20-18(14)19(15)22(13)12-23-20/h2-11H,12H2,1H3/q+1. The number of rotatable bonds is 1. The summed E-state index contributed by atoms with van der Waals surface area (Å²) < 4.78 is 8.42. The molecule has 3 heterocycles. The maximum Gasteiger partial charge on any atom is 0.292 e. The van der Waals surface area contributed by atoms with Crippen molar-refractivity contribution in [2.24, 2.45) is 0 Å². The van der Waals surface area contributed by atoms with Crippen LogP contribution in [0, 0.1) is 6.92 Å². The summed E-state index contributed by atoms with van der Waals surface area (Å²) in [5.74, 6) is 0.942. The molecule has 0 aliphatic carbocycles. The molecule has 0 spiro atoms. The van der Waals surface area contributed by atoms with Gasteiger partial charge in [0.15, 0.2) is 11.4 Å². The highest BCUT2D eigenvalue weighted by Gasteiger charge is 2.26. The fourth-order valence-corrected chi connectivity index (χ4v) is 3.46. The molecular weight excluding hydrogens is 284 g/mol. The third-order valence-corrected chi connectivity index (χ3v) is 4.62. The Bertz CT molecular complexity index is 1070. The van der Waals surface area contributed by atoms with Crippen molar-refractivity contribution in [1.82, 2.24) is 4.98 Å². The third kappa shape index (κ3) is 1.70. The highest BCUT2D eigenvalue weighted by molar-refractivity contribution is 6.09. The molecule has 2 aromatic heterocycles. The van der Waals surface area contributed by atoms with E-state index in [2.05, 4.69) is 52.9 Å². The maximum atomic E-state index is 6.18. The Hall–Kier alpha value is -2.94. The highest BCUT2D eigenvalue weighted by Crippen LogP contribution is 2.40. The van der Waals surface area contributed by atoms with Crippen molar-refractivity contribution in [2.45, 2.75) is 13.7 Å². The van der Waals surface area contributed by atoms with E-state index < -0.39 is 0 Å². The van der Waals surface area contributed by atoms with Gasteiger partial charge in [0.2, 0.25) is 5.52 Å². The van der Waals surface area contributed by atoms with Crippen molar-refractivity contribution in [3.63, 3.8) is 0 Å². The molecule has 3 heteroatoms. The van der Waals surface area contributed by atoms with E-state index in [1.807, 2.05) is 24.4 Å². The van der Waals surface area contributed by atoms with E-state index in [4.69, 9.17) is 4.74 Å². The molecule has 0 saturated heterocycles. The summed E-state index contributed by atoms with van der Waals surface area (Å²) in [7, 11) is 0. The van der Waals surface area contributed by atoms with Gasteiger partial charge in [0, 0.05) is 30.1 Å². The average Bonchev–Trinajstić information content (AvgIpc) is 2.62. The van der Waals surface area contributed by atoms with Crippen LogP contribution in [0.1, 0.15) is 5.69 Å². The first-order chi connectivity index (χ1) is 11.3. The van der Waals surface area contributed by atoms with Crippen LogP contribution < -0.4 is 9.30 Å². The van der Waals surface area contributed by atoms with Gasteiger partial charge in [0.25, 0.3) is 6.73 Å². The lowest BCUT2D eigenvalue weighted by Crippen LogP contribution is -2.42. The Morgan fingerprint density at radius 3 is 2.65 bits per heavy atom. The van der Waals surface area contributed by atoms with Gasteiger partial charge in [0.1, 0.15) is 0 Å². The van der Waals surface area contributed by atoms with Crippen LogP contribution in [0.15, 0.2) is 60.8 Å². The summed E-state index contributed by atoms with van der Waals surface area (Å²) >= 11 is 0. The van der Waals surface area contributed by atoms with E-state index >= 15 is 0 Å². The second-order valence-electron chi connectivity index (χ2n) is 5.93. The SMILES string of the molecule is Cc1ccc2ccc3ccc(-c4ccccn4)c4c3c2[n+]1CO4. The molecule has 2 aromatic carbocycles. The molecule has 23 heavy (non-hydrogen) atoms. The molecule has 0 unspecified atom stereocenters. The average molecular weight is 299 g/mol. The zero-order valence-corrected chi connectivity index (χ0v) is 12.8. The molecular formula is C20H15N2O+. The predicted molar refractivity (Wildman–Crippen MR) is 90.2 cm³/mol. The predicted octanol–water partition coefficient (Wildman–Crippen LogP) is 4.00. The van der Waals surface area contributed by atoms with E-state index in [1.54, 1.807) is 0 Å². The fraction of sp³-hybridized carbons (Fsp3) is 0.100. The first-order valence-electron chi connectivity index (χ1n) is 7.76. The maximum absolute atomic E-state index is 6.18. The van der Waals surface area contributed by atoms with Crippen LogP contribution >= 0.6 is 0 Å². The minimum absolute atomic E-state index is 0.541. The molecule has 3 nitrogen and oxygen atoms in total. The molecule has 0 saturated carbocycles. The summed E-state index contributed by atoms with van der Waals surface area (Å²) in [5, 5.41) is 3.62. The van der Waals surface area contributed by atoms with Crippen molar-refractivity contribution in [1.29, 1.82) is 0 Å². The topological polar surface area (TPSA) is 26.0 Å². The van der Waals surface area contributed by atoms with E-state index in [-0.39, 0.29) is 0 Å². The summed E-state index contributed by atoms with van der Waals surface area (Å²) in [5.41, 5.74) is 4.46. The molecule has 0 N–H and O–H groups in total. The number of hydrogen-bond acceptors (Lipinski definition) is 2. The number of aryl methyl sites for hydroxylation is 1. The lowest BCUT2D eigenvalue weighted by molar-refractivity contribution is -0.707. The molecule has 110 valence electrons. The van der Waals surface area contributed by atoms with Crippen molar-refractivity contribution in [3.05, 3.63) is 66.5 Å². The van der Waals surface area contributed by atoms with Gasteiger partial charge in [-0.25, -0.2) is 0 Å². The Labute approximate surface area is 133 Å². The van der Waals surface area contributed by atoms with Crippen LogP contribution in [-0.2, 0) is 6.73 Å². The molecule has 0 amide bonds. The van der Waals surface area contributed by atoms with Gasteiger partial charge in [-0.05, 0) is 35.7 Å². The molecule has 4 aromatic rings. The van der Waals surface area contributed by atoms with E-state index in [0.29, 0.717) is 6.73 Å². The number of pyridine rings is 2. The number of benzene rings is 2. The van der Waals surface area contributed by atoms with Crippen molar-refractivity contribution in [2.75, 3.05) is 0 Å². The minimum Gasteiger partial charge on any atom is -0.434 e. The summed E-state index contributed by atoms with van der Waals surface area (Å²) in [6.07, 6.45) is 1.82. The number of nitrogens with zero attached hydrogens (tertiary/aromatic N) is 2. The monoisotopic (exact) mass is 299 g/mol. The first kappa shape index (κ1) is 12.6. The number of hydrogen-bond donors (Lipinski definition) is 0. The Balaban J connectivity index is 1.98. The quantitative estimate of drug-likeness (QED) is 0.392.